The minimum absolute atomic E-state index is 0.221. The summed E-state index contributed by atoms with van der Waals surface area (Å²) < 4.78 is 25.5. The van der Waals surface area contributed by atoms with E-state index in [1.807, 2.05) is 46.0 Å². The Labute approximate surface area is 248 Å². The van der Waals surface area contributed by atoms with E-state index in [-0.39, 0.29) is 11.2 Å². The first-order chi connectivity index (χ1) is 19.7. The smallest absolute Gasteiger partial charge is 0.337 e. The minimum atomic E-state index is -1.17. The van der Waals surface area contributed by atoms with Gasteiger partial charge in [-0.15, -0.1) is 0 Å². The number of hydrogen-bond donors (Lipinski definition) is 2. The number of nitrogens with zero attached hydrogens (tertiary/aromatic N) is 3. The number of ether oxygens (including phenoxy) is 2. The molecule has 226 valence electrons. The number of aromatic nitrogens is 2. The van der Waals surface area contributed by atoms with Gasteiger partial charge in [0.25, 0.3) is 0 Å². The number of aryl methyl sites for hydroxylation is 2. The fourth-order valence-electron chi connectivity index (χ4n) is 5.07. The highest BCUT2D eigenvalue weighted by atomic mass is 19.1. The van der Waals surface area contributed by atoms with Gasteiger partial charge in [-0.05, 0) is 76.6 Å². The Morgan fingerprint density at radius 1 is 1.12 bits per heavy atom. The van der Waals surface area contributed by atoms with Crippen molar-refractivity contribution in [1.82, 2.24) is 9.97 Å². The second kappa shape index (κ2) is 12.7. The summed E-state index contributed by atoms with van der Waals surface area (Å²) in [5.74, 6) is -0.189. The van der Waals surface area contributed by atoms with Gasteiger partial charge in [-0.3, -0.25) is 4.98 Å². The van der Waals surface area contributed by atoms with Crippen LogP contribution in [0.1, 0.15) is 70.4 Å². The Kier molecular flexibility index (Phi) is 9.40. The van der Waals surface area contributed by atoms with Crippen molar-refractivity contribution >= 4 is 17.5 Å². The highest BCUT2D eigenvalue weighted by molar-refractivity contribution is 5.86. The lowest BCUT2D eigenvalue weighted by Crippen LogP contribution is -2.39. The fourth-order valence-corrected chi connectivity index (χ4v) is 5.07. The maximum atomic E-state index is 13.8. The molecule has 0 amide bonds. The van der Waals surface area contributed by atoms with Gasteiger partial charge in [-0.2, -0.15) is 0 Å². The van der Waals surface area contributed by atoms with Crippen LogP contribution in [0.2, 0.25) is 0 Å². The summed E-state index contributed by atoms with van der Waals surface area (Å²) in [4.78, 5) is 24.1. The predicted octanol–water partition coefficient (Wildman–Crippen LogP) is 6.96. The lowest BCUT2D eigenvalue weighted by atomic mass is 9.82. The maximum absolute atomic E-state index is 13.8. The summed E-state index contributed by atoms with van der Waals surface area (Å²) >= 11 is 0. The number of hydrogen-bond acceptors (Lipinski definition) is 7. The Balaban J connectivity index is 1.60. The van der Waals surface area contributed by atoms with Crippen molar-refractivity contribution in [2.24, 2.45) is 5.41 Å². The van der Waals surface area contributed by atoms with Crippen LogP contribution in [0.5, 0.6) is 5.75 Å². The normalized spacial score (nSPS) is 15.8. The topological polar surface area (TPSA) is 96.8 Å². The Morgan fingerprint density at radius 3 is 2.43 bits per heavy atom. The van der Waals surface area contributed by atoms with Crippen LogP contribution < -0.4 is 15.0 Å². The van der Waals surface area contributed by atoms with E-state index in [2.05, 4.69) is 34.0 Å². The third-order valence-corrected chi connectivity index (χ3v) is 7.57. The highest BCUT2D eigenvalue weighted by Crippen LogP contribution is 2.43. The largest absolute Gasteiger partial charge is 0.492 e. The van der Waals surface area contributed by atoms with Gasteiger partial charge in [0.1, 0.15) is 24.0 Å². The number of carbonyl (C=O) groups is 1. The molecule has 1 saturated heterocycles. The van der Waals surface area contributed by atoms with Gasteiger partial charge in [0.05, 0.1) is 17.8 Å². The predicted molar refractivity (Wildman–Crippen MR) is 164 cm³/mol. The van der Waals surface area contributed by atoms with Gasteiger partial charge in [0, 0.05) is 53.9 Å². The second-order valence-corrected chi connectivity index (χ2v) is 12.7. The summed E-state index contributed by atoms with van der Waals surface area (Å²) in [6.07, 6.45) is 4.39. The first-order valence-corrected chi connectivity index (χ1v) is 14.5. The molecule has 1 aromatic carbocycles. The zero-order chi connectivity index (χ0) is 30.7. The number of carboxylic acid groups (broad SMARTS) is 1. The van der Waals surface area contributed by atoms with Crippen molar-refractivity contribution in [3.05, 3.63) is 65.4 Å². The van der Waals surface area contributed by atoms with E-state index >= 15 is 0 Å². The lowest BCUT2D eigenvalue weighted by molar-refractivity contribution is -0.160. The number of halogens is 1. The molecule has 3 heterocycles. The van der Waals surface area contributed by atoms with E-state index in [0.29, 0.717) is 41.5 Å². The molecule has 0 saturated carbocycles. The molecule has 0 bridgehead atoms. The van der Waals surface area contributed by atoms with Gasteiger partial charge in [-0.25, -0.2) is 14.2 Å². The monoisotopic (exact) mass is 578 g/mol. The molecule has 0 unspecified atom stereocenters. The summed E-state index contributed by atoms with van der Waals surface area (Å²) in [5.41, 5.74) is 3.85. The SMILES string of the molecule is Cc1ccc(OCCNc2ccc(-c3cnc(C)c([C@H](OC(C)(C)C)C(=O)O)c3N3CCC(C)(C)CC3)cn2)cc1F. The number of anilines is 2. The van der Waals surface area contributed by atoms with E-state index in [0.717, 1.165) is 42.7 Å². The number of piperidine rings is 1. The zero-order valence-electron chi connectivity index (χ0n) is 25.8. The van der Waals surface area contributed by atoms with Crippen LogP contribution in [0, 0.1) is 25.1 Å². The summed E-state index contributed by atoms with van der Waals surface area (Å²) in [6.45, 7) is 16.1. The van der Waals surface area contributed by atoms with Crippen molar-refractivity contribution in [2.45, 2.75) is 73.0 Å². The van der Waals surface area contributed by atoms with Crippen molar-refractivity contribution < 1.29 is 23.8 Å². The Hall–Kier alpha value is -3.72. The van der Waals surface area contributed by atoms with E-state index in [4.69, 9.17) is 9.47 Å². The quantitative estimate of drug-likeness (QED) is 0.249. The van der Waals surface area contributed by atoms with Gasteiger partial charge in [0.2, 0.25) is 0 Å². The molecule has 2 aromatic heterocycles. The molecule has 8 nitrogen and oxygen atoms in total. The number of carboxylic acids is 1. The molecule has 9 heteroatoms. The molecule has 4 rings (SSSR count). The van der Waals surface area contributed by atoms with Crippen molar-refractivity contribution in [2.75, 3.05) is 36.5 Å². The third-order valence-electron chi connectivity index (χ3n) is 7.57. The number of benzene rings is 1. The van der Waals surface area contributed by atoms with Gasteiger partial charge < -0.3 is 24.8 Å². The zero-order valence-corrected chi connectivity index (χ0v) is 25.8. The number of pyridine rings is 2. The minimum Gasteiger partial charge on any atom is -0.492 e. The fraction of sp³-hybridized carbons (Fsp3) is 0.485. The van der Waals surface area contributed by atoms with Crippen molar-refractivity contribution in [3.8, 4) is 16.9 Å². The molecule has 42 heavy (non-hydrogen) atoms. The number of nitrogens with one attached hydrogen (secondary N) is 1. The molecule has 2 N–H and O–H groups in total. The number of rotatable bonds is 10. The van der Waals surface area contributed by atoms with Crippen LogP contribution in [0.3, 0.4) is 0 Å². The molecule has 1 atom stereocenters. The van der Waals surface area contributed by atoms with E-state index in [9.17, 15) is 14.3 Å². The van der Waals surface area contributed by atoms with Crippen molar-refractivity contribution in [3.63, 3.8) is 0 Å². The lowest BCUT2D eigenvalue weighted by Gasteiger charge is -2.40. The van der Waals surface area contributed by atoms with E-state index < -0.39 is 17.7 Å². The van der Waals surface area contributed by atoms with Crippen LogP contribution in [0.4, 0.5) is 15.9 Å². The average molecular weight is 579 g/mol. The third kappa shape index (κ3) is 7.76. The molecular formula is C33H43FN4O4. The van der Waals surface area contributed by atoms with Gasteiger partial charge in [-0.1, -0.05) is 19.9 Å². The molecular weight excluding hydrogens is 535 g/mol. The molecule has 0 spiro atoms. The van der Waals surface area contributed by atoms with Gasteiger partial charge >= 0.3 is 5.97 Å². The molecule has 1 fully saturated rings. The van der Waals surface area contributed by atoms with Crippen molar-refractivity contribution in [1.29, 1.82) is 0 Å². The standard InChI is InChI=1S/C33H43FN4O4/c1-21-8-10-24(18-26(21)34)41-17-14-35-27-11-9-23(19-37-27)25-20-36-22(2)28(30(31(39)40)42-32(3,4)5)29(25)38-15-12-33(6,7)13-16-38/h8-11,18-20,30H,12-17H2,1-7H3,(H,35,37)(H,39,40)/t30-/m0/s1. The maximum Gasteiger partial charge on any atom is 0.337 e. The molecule has 3 aromatic rings. The van der Waals surface area contributed by atoms with Crippen LogP contribution in [-0.4, -0.2) is 52.9 Å². The highest BCUT2D eigenvalue weighted by Gasteiger charge is 2.35. The van der Waals surface area contributed by atoms with Gasteiger partial charge in [0.15, 0.2) is 6.10 Å². The van der Waals surface area contributed by atoms with E-state index in [1.165, 1.54) is 6.07 Å². The first kappa shape index (κ1) is 31.2. The van der Waals surface area contributed by atoms with Crippen LogP contribution in [0.25, 0.3) is 11.1 Å². The van der Waals surface area contributed by atoms with Crippen LogP contribution in [-0.2, 0) is 9.53 Å². The van der Waals surface area contributed by atoms with E-state index in [1.54, 1.807) is 25.3 Å². The van der Waals surface area contributed by atoms with Crippen LogP contribution >= 0.6 is 0 Å². The Bertz CT molecular complexity index is 1390. The van der Waals surface area contributed by atoms with Crippen LogP contribution in [0.15, 0.2) is 42.7 Å². The molecule has 1 aliphatic heterocycles. The molecule has 0 radical (unpaired) electrons. The second-order valence-electron chi connectivity index (χ2n) is 12.7. The summed E-state index contributed by atoms with van der Waals surface area (Å²) in [7, 11) is 0. The average Bonchev–Trinajstić information content (AvgIpc) is 2.92. The molecule has 0 aliphatic carbocycles. The first-order valence-electron chi connectivity index (χ1n) is 14.5. The summed E-state index contributed by atoms with van der Waals surface area (Å²) in [6, 6.07) is 8.66. The molecule has 1 aliphatic rings. The Morgan fingerprint density at radius 2 is 1.83 bits per heavy atom. The summed E-state index contributed by atoms with van der Waals surface area (Å²) in [5, 5.41) is 13.5. The number of aliphatic carboxylic acids is 1.